The lowest BCUT2D eigenvalue weighted by Crippen LogP contribution is -2.36. The van der Waals surface area contributed by atoms with Gasteiger partial charge in [0.05, 0.1) is 25.0 Å². The zero-order valence-electron chi connectivity index (χ0n) is 23.1. The van der Waals surface area contributed by atoms with Gasteiger partial charge in [-0.3, -0.25) is 4.90 Å². The molecule has 38 heavy (non-hydrogen) atoms. The van der Waals surface area contributed by atoms with Gasteiger partial charge in [-0.2, -0.15) is 0 Å². The highest BCUT2D eigenvalue weighted by molar-refractivity contribution is 5.75. The second-order valence-electron chi connectivity index (χ2n) is 12.2. The van der Waals surface area contributed by atoms with E-state index in [1.165, 1.54) is 54.4 Å². The molecular weight excluding hydrogens is 474 g/mol. The number of ether oxygens (including phenoxy) is 2. The van der Waals surface area contributed by atoms with Crippen LogP contribution in [0.5, 0.6) is 5.75 Å². The van der Waals surface area contributed by atoms with Gasteiger partial charge in [-0.15, -0.1) is 0 Å². The summed E-state index contributed by atoms with van der Waals surface area (Å²) in [4.78, 5) is 22.7. The second kappa shape index (κ2) is 9.48. The highest BCUT2D eigenvalue weighted by Gasteiger charge is 2.44. The molecule has 2 heterocycles. The van der Waals surface area contributed by atoms with E-state index in [1.807, 2.05) is 34.1 Å². The van der Waals surface area contributed by atoms with E-state index in [9.17, 15) is 4.79 Å². The van der Waals surface area contributed by atoms with E-state index < -0.39 is 5.60 Å². The Morgan fingerprint density at radius 1 is 1.03 bits per heavy atom. The van der Waals surface area contributed by atoms with Gasteiger partial charge in [0.25, 0.3) is 0 Å². The molecule has 1 atom stereocenters. The Kier molecular flexibility index (Phi) is 6.24. The average Bonchev–Trinajstić information content (AvgIpc) is 3.70. The molecule has 3 aromatic rings. The molecule has 6 heteroatoms. The number of rotatable bonds is 4. The minimum Gasteiger partial charge on any atom is -0.496 e. The van der Waals surface area contributed by atoms with Gasteiger partial charge in [-0.1, -0.05) is 43.2 Å². The van der Waals surface area contributed by atoms with E-state index in [2.05, 4.69) is 46.4 Å². The van der Waals surface area contributed by atoms with Crippen molar-refractivity contribution in [1.29, 1.82) is 0 Å². The van der Waals surface area contributed by atoms with Crippen LogP contribution in [-0.4, -0.2) is 40.2 Å². The smallest absolute Gasteiger partial charge is 0.410 e. The molecule has 1 amide bonds. The fraction of sp³-hybridized carbons (Fsp3) is 0.500. The number of aromatic amines is 1. The van der Waals surface area contributed by atoms with Crippen molar-refractivity contribution in [2.75, 3.05) is 13.7 Å². The van der Waals surface area contributed by atoms with Gasteiger partial charge < -0.3 is 14.5 Å². The summed E-state index contributed by atoms with van der Waals surface area (Å²) in [7, 11) is 1.81. The van der Waals surface area contributed by atoms with E-state index in [0.29, 0.717) is 12.0 Å². The summed E-state index contributed by atoms with van der Waals surface area (Å²) >= 11 is 0. The number of hydrogen-bond donors (Lipinski definition) is 1. The molecule has 1 saturated carbocycles. The minimum atomic E-state index is -0.512. The summed E-state index contributed by atoms with van der Waals surface area (Å²) in [5.41, 5.74) is 7.39. The second-order valence-corrected chi connectivity index (χ2v) is 12.2. The maximum Gasteiger partial charge on any atom is 0.410 e. The van der Waals surface area contributed by atoms with Crippen molar-refractivity contribution in [1.82, 2.24) is 14.9 Å². The Morgan fingerprint density at radius 2 is 1.76 bits per heavy atom. The standard InChI is InChI=1S/C32H39N3O3/c1-31(2,3)38-30(36)35-19-7-8-26(35)29-33-20-25(34-29)22-11-9-21(10-12-22)23-13-14-27(37-4)28-24(23)15-18-32(28)16-5-6-17-32/h9-14,20,26H,5-8,15-19H2,1-4H3,(H,33,34)/t26-/m0/s1. The Morgan fingerprint density at radius 3 is 2.47 bits per heavy atom. The minimum absolute atomic E-state index is 0.0809. The van der Waals surface area contributed by atoms with Gasteiger partial charge in [-0.25, -0.2) is 9.78 Å². The Hall–Kier alpha value is -3.28. The largest absolute Gasteiger partial charge is 0.496 e. The molecule has 1 saturated heterocycles. The molecule has 2 aliphatic carbocycles. The maximum atomic E-state index is 12.8. The fourth-order valence-electron chi connectivity index (χ4n) is 7.02. The van der Waals surface area contributed by atoms with E-state index in [-0.39, 0.29) is 12.1 Å². The van der Waals surface area contributed by atoms with E-state index >= 15 is 0 Å². The molecule has 0 bridgehead atoms. The van der Waals surface area contributed by atoms with E-state index in [4.69, 9.17) is 9.47 Å². The van der Waals surface area contributed by atoms with E-state index in [1.54, 1.807) is 4.90 Å². The topological polar surface area (TPSA) is 67.4 Å². The number of benzene rings is 2. The van der Waals surface area contributed by atoms with Gasteiger partial charge in [0.2, 0.25) is 0 Å². The fourth-order valence-corrected chi connectivity index (χ4v) is 7.02. The zero-order valence-corrected chi connectivity index (χ0v) is 23.1. The molecule has 2 fully saturated rings. The van der Waals surface area contributed by atoms with Crippen LogP contribution in [-0.2, 0) is 16.6 Å². The van der Waals surface area contributed by atoms with Gasteiger partial charge in [0, 0.05) is 12.1 Å². The first-order chi connectivity index (χ1) is 18.3. The molecule has 1 N–H and O–H groups in total. The molecule has 6 rings (SSSR count). The molecule has 200 valence electrons. The molecule has 0 radical (unpaired) electrons. The van der Waals surface area contributed by atoms with Crippen LogP contribution >= 0.6 is 0 Å². The first-order valence-electron chi connectivity index (χ1n) is 14.1. The van der Waals surface area contributed by atoms with Crippen molar-refractivity contribution in [3.05, 3.63) is 59.5 Å². The Labute approximate surface area is 225 Å². The third-order valence-corrected chi connectivity index (χ3v) is 8.74. The number of imidazole rings is 1. The normalized spacial score (nSPS) is 20.2. The van der Waals surface area contributed by atoms with Crippen molar-refractivity contribution in [2.45, 2.75) is 89.2 Å². The number of methoxy groups -OCH3 is 1. The van der Waals surface area contributed by atoms with Gasteiger partial charge >= 0.3 is 6.09 Å². The lowest BCUT2D eigenvalue weighted by molar-refractivity contribution is 0.0218. The number of carbonyl (C=O) groups is 1. The van der Waals surface area contributed by atoms with Gasteiger partial charge in [0.15, 0.2) is 0 Å². The van der Waals surface area contributed by atoms with Gasteiger partial charge in [-0.05, 0) is 93.0 Å². The van der Waals surface area contributed by atoms with Crippen LogP contribution in [0.4, 0.5) is 4.79 Å². The van der Waals surface area contributed by atoms with Crippen LogP contribution in [0.2, 0.25) is 0 Å². The van der Waals surface area contributed by atoms with Gasteiger partial charge in [0.1, 0.15) is 17.2 Å². The van der Waals surface area contributed by atoms with E-state index in [0.717, 1.165) is 42.1 Å². The van der Waals surface area contributed by atoms with Crippen molar-refractivity contribution in [3.8, 4) is 28.1 Å². The van der Waals surface area contributed by atoms with Crippen LogP contribution < -0.4 is 4.74 Å². The predicted octanol–water partition coefficient (Wildman–Crippen LogP) is 7.58. The number of H-pyrrole nitrogens is 1. The van der Waals surface area contributed by atoms with Crippen molar-refractivity contribution >= 4 is 6.09 Å². The van der Waals surface area contributed by atoms with Crippen molar-refractivity contribution in [2.24, 2.45) is 0 Å². The highest BCUT2D eigenvalue weighted by Crippen LogP contribution is 2.55. The summed E-state index contributed by atoms with van der Waals surface area (Å²) in [5, 5.41) is 0. The Balaban J connectivity index is 1.24. The summed E-state index contributed by atoms with van der Waals surface area (Å²) in [6, 6.07) is 13.1. The average molecular weight is 514 g/mol. The Bertz CT molecular complexity index is 1330. The van der Waals surface area contributed by atoms with Crippen LogP contribution in [0.1, 0.15) is 88.7 Å². The van der Waals surface area contributed by atoms with Crippen LogP contribution in [0, 0.1) is 0 Å². The number of carbonyl (C=O) groups excluding carboxylic acids is 1. The van der Waals surface area contributed by atoms with Crippen LogP contribution in [0.15, 0.2) is 42.6 Å². The lowest BCUT2D eigenvalue weighted by atomic mass is 9.79. The summed E-state index contributed by atoms with van der Waals surface area (Å²) in [6.45, 7) is 6.39. The molecule has 1 aromatic heterocycles. The molecule has 6 nitrogen and oxygen atoms in total. The number of aromatic nitrogens is 2. The molecule has 1 spiro atoms. The molecular formula is C32H39N3O3. The molecule has 3 aliphatic rings. The van der Waals surface area contributed by atoms with Crippen molar-refractivity contribution in [3.63, 3.8) is 0 Å². The SMILES string of the molecule is COc1ccc(-c2ccc(-c3cnc([C@@H]4CCCN4C(=O)OC(C)(C)C)[nH]3)cc2)c2c1C1(CCCC1)CC2. The number of fused-ring (bicyclic) bond motifs is 2. The van der Waals surface area contributed by atoms with Crippen LogP contribution in [0.25, 0.3) is 22.4 Å². The summed E-state index contributed by atoms with van der Waals surface area (Å²) < 4.78 is 11.5. The number of hydrogen-bond acceptors (Lipinski definition) is 4. The summed E-state index contributed by atoms with van der Waals surface area (Å²) in [6.07, 6.45) is 11.0. The number of amides is 1. The third-order valence-electron chi connectivity index (χ3n) is 8.74. The monoisotopic (exact) mass is 513 g/mol. The third kappa shape index (κ3) is 4.38. The molecule has 1 aliphatic heterocycles. The van der Waals surface area contributed by atoms with Crippen molar-refractivity contribution < 1.29 is 14.3 Å². The first-order valence-corrected chi connectivity index (χ1v) is 14.1. The first kappa shape index (κ1) is 25.0. The quantitative estimate of drug-likeness (QED) is 0.390. The number of likely N-dealkylation sites (tertiary alicyclic amines) is 1. The summed E-state index contributed by atoms with van der Waals surface area (Å²) in [5.74, 6) is 1.89. The highest BCUT2D eigenvalue weighted by atomic mass is 16.6. The maximum absolute atomic E-state index is 12.8. The number of nitrogens with one attached hydrogen (secondary N) is 1. The lowest BCUT2D eigenvalue weighted by Gasteiger charge is -2.27. The van der Waals surface area contributed by atoms with Crippen LogP contribution in [0.3, 0.4) is 0 Å². The molecule has 0 unspecified atom stereocenters. The number of nitrogens with zero attached hydrogens (tertiary/aromatic N) is 2. The zero-order chi connectivity index (χ0) is 26.5. The molecule has 2 aromatic carbocycles. The predicted molar refractivity (Wildman–Crippen MR) is 149 cm³/mol.